The van der Waals surface area contributed by atoms with Gasteiger partial charge in [0.15, 0.2) is 12.4 Å². The topological polar surface area (TPSA) is 84.3 Å². The Balaban J connectivity index is 2.35. The maximum atomic E-state index is 13.9. The summed E-state index contributed by atoms with van der Waals surface area (Å²) in [6.07, 6.45) is -1.97. The van der Waals surface area contributed by atoms with Gasteiger partial charge >= 0.3 is 5.69 Å². The van der Waals surface area contributed by atoms with Gasteiger partial charge in [0.25, 0.3) is 5.56 Å². The van der Waals surface area contributed by atoms with Gasteiger partial charge in [0.1, 0.15) is 0 Å². The third kappa shape index (κ3) is 2.03. The molecular weight excluding hydrogens is 231 g/mol. The van der Waals surface area contributed by atoms with Crippen LogP contribution in [0.1, 0.15) is 13.2 Å². The van der Waals surface area contributed by atoms with E-state index in [2.05, 4.69) is 0 Å². The van der Waals surface area contributed by atoms with Crippen molar-refractivity contribution in [3.05, 3.63) is 33.1 Å². The van der Waals surface area contributed by atoms with Crippen molar-refractivity contribution < 1.29 is 14.2 Å². The summed E-state index contributed by atoms with van der Waals surface area (Å²) >= 11 is 0. The summed E-state index contributed by atoms with van der Waals surface area (Å²) in [5, 5.41) is 9.00. The Labute approximate surface area is 95.7 Å². The Hall–Kier alpha value is -1.47. The summed E-state index contributed by atoms with van der Waals surface area (Å²) in [7, 11) is 0. The third-order valence-corrected chi connectivity index (χ3v) is 2.98. The van der Waals surface area contributed by atoms with Crippen molar-refractivity contribution >= 4 is 0 Å². The van der Waals surface area contributed by atoms with E-state index >= 15 is 0 Å². The summed E-state index contributed by atoms with van der Waals surface area (Å²) in [5.41, 5.74) is -1.28. The number of aliphatic hydroxyl groups excluding tert-OH is 1. The summed E-state index contributed by atoms with van der Waals surface area (Å²) in [6.45, 7) is 1.29. The largest absolute Gasteiger partial charge is 0.394 e. The standard InChI is InChI=1S/C10H13FN2O4/c1-5-6(4-14)17-9(8(5)11)13-3-2-7(15)12-10(13)16/h2-3,5-6,8-9,14H,4H2,1H3,(H,12,15,16)/t5-,6+,8?,9+/m0/s1. The van der Waals surface area contributed by atoms with E-state index in [1.54, 1.807) is 6.92 Å². The molecule has 4 atom stereocenters. The lowest BCUT2D eigenvalue weighted by atomic mass is 10.0. The number of nitrogens with zero attached hydrogens (tertiary/aromatic N) is 1. The molecule has 0 saturated carbocycles. The molecule has 2 heterocycles. The normalized spacial score (nSPS) is 32.9. The minimum atomic E-state index is -1.41. The van der Waals surface area contributed by atoms with Crippen LogP contribution in [0, 0.1) is 5.92 Å². The maximum absolute atomic E-state index is 13.9. The molecule has 0 bridgehead atoms. The summed E-state index contributed by atoms with van der Waals surface area (Å²) in [4.78, 5) is 24.4. The highest BCUT2D eigenvalue weighted by Crippen LogP contribution is 2.34. The predicted octanol–water partition coefficient (Wildman–Crippen LogP) is -0.600. The van der Waals surface area contributed by atoms with Crippen LogP contribution in [0.15, 0.2) is 21.9 Å². The molecule has 1 aromatic heterocycles. The Bertz CT molecular complexity index is 512. The summed E-state index contributed by atoms with van der Waals surface area (Å²) in [5.74, 6) is -0.510. The fraction of sp³-hybridized carbons (Fsp3) is 0.600. The first kappa shape index (κ1) is 12.0. The van der Waals surface area contributed by atoms with Crippen LogP contribution >= 0.6 is 0 Å². The monoisotopic (exact) mass is 244 g/mol. The summed E-state index contributed by atoms with van der Waals surface area (Å²) in [6, 6.07) is 1.12. The number of alkyl halides is 1. The van der Waals surface area contributed by atoms with Gasteiger partial charge in [0, 0.05) is 18.2 Å². The summed E-state index contributed by atoms with van der Waals surface area (Å²) < 4.78 is 20.1. The molecule has 2 rings (SSSR count). The number of H-pyrrole nitrogens is 1. The molecule has 1 saturated heterocycles. The number of rotatable bonds is 2. The van der Waals surface area contributed by atoms with Crippen molar-refractivity contribution in [2.75, 3.05) is 6.61 Å². The maximum Gasteiger partial charge on any atom is 0.330 e. The van der Waals surface area contributed by atoms with Gasteiger partial charge in [-0.25, -0.2) is 9.18 Å². The molecular formula is C10H13FN2O4. The van der Waals surface area contributed by atoms with Crippen molar-refractivity contribution in [1.82, 2.24) is 9.55 Å². The first-order chi connectivity index (χ1) is 8.04. The molecule has 7 heteroatoms. The van der Waals surface area contributed by atoms with Crippen LogP contribution in [0.2, 0.25) is 0 Å². The van der Waals surface area contributed by atoms with Gasteiger partial charge in [-0.2, -0.15) is 0 Å². The average molecular weight is 244 g/mol. The van der Waals surface area contributed by atoms with Gasteiger partial charge in [0.05, 0.1) is 12.7 Å². The second-order valence-electron chi connectivity index (χ2n) is 4.07. The van der Waals surface area contributed by atoms with E-state index in [1.807, 2.05) is 4.98 Å². The molecule has 1 aromatic rings. The Morgan fingerprint density at radius 3 is 2.82 bits per heavy atom. The SMILES string of the molecule is C[C@@H]1C(F)[C@H](n2ccc(=O)[nH]c2=O)O[C@@H]1CO. The van der Waals surface area contributed by atoms with Gasteiger partial charge in [-0.05, 0) is 0 Å². The van der Waals surface area contributed by atoms with E-state index in [0.717, 1.165) is 10.6 Å². The Morgan fingerprint density at radius 1 is 1.59 bits per heavy atom. The second-order valence-corrected chi connectivity index (χ2v) is 4.07. The zero-order valence-corrected chi connectivity index (χ0v) is 9.17. The number of hydrogen-bond acceptors (Lipinski definition) is 4. The molecule has 0 aromatic carbocycles. The van der Waals surface area contributed by atoms with E-state index in [0.29, 0.717) is 0 Å². The minimum absolute atomic E-state index is 0.309. The number of halogens is 1. The number of ether oxygens (including phenoxy) is 1. The van der Waals surface area contributed by atoms with Gasteiger partial charge < -0.3 is 9.84 Å². The van der Waals surface area contributed by atoms with Crippen molar-refractivity contribution in [3.8, 4) is 0 Å². The van der Waals surface area contributed by atoms with E-state index in [4.69, 9.17) is 9.84 Å². The molecule has 1 fully saturated rings. The zero-order valence-electron chi connectivity index (χ0n) is 9.17. The van der Waals surface area contributed by atoms with Crippen molar-refractivity contribution in [2.45, 2.75) is 25.4 Å². The molecule has 0 aliphatic carbocycles. The van der Waals surface area contributed by atoms with Gasteiger partial charge in [-0.1, -0.05) is 6.92 Å². The van der Waals surface area contributed by atoms with E-state index in [1.165, 1.54) is 6.20 Å². The molecule has 1 unspecified atom stereocenters. The van der Waals surface area contributed by atoms with Crippen LogP contribution < -0.4 is 11.2 Å². The molecule has 1 aliphatic rings. The lowest BCUT2D eigenvalue weighted by molar-refractivity contribution is -0.0419. The molecule has 6 nitrogen and oxygen atoms in total. The van der Waals surface area contributed by atoms with Crippen LogP contribution in [0.4, 0.5) is 4.39 Å². The molecule has 1 aliphatic heterocycles. The van der Waals surface area contributed by atoms with Gasteiger partial charge in [-0.15, -0.1) is 0 Å². The van der Waals surface area contributed by atoms with Crippen LogP contribution in [-0.4, -0.2) is 33.5 Å². The predicted molar refractivity (Wildman–Crippen MR) is 56.4 cm³/mol. The number of aromatic nitrogens is 2. The van der Waals surface area contributed by atoms with Crippen molar-refractivity contribution in [1.29, 1.82) is 0 Å². The molecule has 17 heavy (non-hydrogen) atoms. The fourth-order valence-electron chi connectivity index (χ4n) is 1.90. The first-order valence-electron chi connectivity index (χ1n) is 5.26. The number of aromatic amines is 1. The minimum Gasteiger partial charge on any atom is -0.394 e. The lowest BCUT2D eigenvalue weighted by Crippen LogP contribution is -2.34. The fourth-order valence-corrected chi connectivity index (χ4v) is 1.90. The highest BCUT2D eigenvalue weighted by Gasteiger charge is 2.43. The second kappa shape index (κ2) is 4.42. The van der Waals surface area contributed by atoms with Gasteiger partial charge in [-0.3, -0.25) is 14.3 Å². The Kier molecular flexibility index (Phi) is 3.12. The van der Waals surface area contributed by atoms with Crippen molar-refractivity contribution in [2.24, 2.45) is 5.92 Å². The highest BCUT2D eigenvalue weighted by molar-refractivity contribution is 4.91. The number of aliphatic hydroxyl groups is 1. The lowest BCUT2D eigenvalue weighted by Gasteiger charge is -2.15. The zero-order chi connectivity index (χ0) is 12.6. The van der Waals surface area contributed by atoms with E-state index < -0.39 is 35.7 Å². The molecule has 2 N–H and O–H groups in total. The highest BCUT2D eigenvalue weighted by atomic mass is 19.1. The van der Waals surface area contributed by atoms with Crippen LogP contribution in [0.5, 0.6) is 0 Å². The first-order valence-corrected chi connectivity index (χ1v) is 5.26. The van der Waals surface area contributed by atoms with E-state index in [-0.39, 0.29) is 6.61 Å². The third-order valence-electron chi connectivity index (χ3n) is 2.98. The van der Waals surface area contributed by atoms with Gasteiger partial charge in [0.2, 0.25) is 0 Å². The van der Waals surface area contributed by atoms with Crippen LogP contribution in [0.25, 0.3) is 0 Å². The molecule has 0 amide bonds. The van der Waals surface area contributed by atoms with E-state index in [9.17, 15) is 14.0 Å². The number of nitrogens with one attached hydrogen (secondary N) is 1. The number of hydrogen-bond donors (Lipinski definition) is 2. The molecule has 94 valence electrons. The van der Waals surface area contributed by atoms with Crippen LogP contribution in [0.3, 0.4) is 0 Å². The van der Waals surface area contributed by atoms with Crippen molar-refractivity contribution in [3.63, 3.8) is 0 Å². The smallest absolute Gasteiger partial charge is 0.330 e. The molecule has 0 spiro atoms. The molecule has 0 radical (unpaired) electrons. The quantitative estimate of drug-likeness (QED) is 0.727. The van der Waals surface area contributed by atoms with Crippen LogP contribution in [-0.2, 0) is 4.74 Å². The Morgan fingerprint density at radius 2 is 2.29 bits per heavy atom. The average Bonchev–Trinajstić information content (AvgIpc) is 2.57.